The summed E-state index contributed by atoms with van der Waals surface area (Å²) in [5, 5.41) is 0.721. The van der Waals surface area contributed by atoms with Crippen molar-refractivity contribution < 1.29 is 0 Å². The summed E-state index contributed by atoms with van der Waals surface area (Å²) < 4.78 is 0. The second-order valence-electron chi connectivity index (χ2n) is 4.32. The fourth-order valence-electron chi connectivity index (χ4n) is 2.02. The Bertz CT molecular complexity index is 428. The van der Waals surface area contributed by atoms with Crippen molar-refractivity contribution in [3.05, 3.63) is 28.8 Å². The molecule has 1 aromatic carbocycles. The summed E-state index contributed by atoms with van der Waals surface area (Å²) >= 11 is 11.1. The minimum atomic E-state index is 0.426. The Morgan fingerprint density at radius 2 is 1.94 bits per heavy atom. The standard InChI is InChI=1S/C12H16ClN3S/c1-15-4-6-16(7-5-15)11-8-9(13)2-3-10(11)12(14)17/h2-3,8H,4-7H2,1H3,(H2,14,17). The molecule has 0 atom stereocenters. The molecule has 2 N–H and O–H groups in total. The number of hydrogen-bond acceptors (Lipinski definition) is 3. The number of thiocarbonyl (C=S) groups is 1. The van der Waals surface area contributed by atoms with E-state index in [1.807, 2.05) is 18.2 Å². The molecule has 1 aliphatic rings. The van der Waals surface area contributed by atoms with Crippen LogP contribution in [-0.2, 0) is 0 Å². The van der Waals surface area contributed by atoms with Gasteiger partial charge in [-0.15, -0.1) is 0 Å². The van der Waals surface area contributed by atoms with E-state index in [2.05, 4.69) is 16.8 Å². The quantitative estimate of drug-likeness (QED) is 0.829. The number of nitrogens with two attached hydrogens (primary N) is 1. The highest BCUT2D eigenvalue weighted by atomic mass is 35.5. The van der Waals surface area contributed by atoms with Gasteiger partial charge in [0.15, 0.2) is 0 Å². The molecule has 0 aliphatic carbocycles. The molecule has 1 heterocycles. The molecule has 92 valence electrons. The molecule has 2 rings (SSSR count). The van der Waals surface area contributed by atoms with Gasteiger partial charge in [0.2, 0.25) is 0 Å². The minimum Gasteiger partial charge on any atom is -0.389 e. The van der Waals surface area contributed by atoms with Crippen molar-refractivity contribution in [2.75, 3.05) is 38.1 Å². The maximum Gasteiger partial charge on any atom is 0.106 e. The fourth-order valence-corrected chi connectivity index (χ4v) is 2.36. The van der Waals surface area contributed by atoms with Crippen LogP contribution < -0.4 is 10.6 Å². The summed E-state index contributed by atoms with van der Waals surface area (Å²) in [5.41, 5.74) is 7.71. The molecule has 0 saturated carbocycles. The molecule has 17 heavy (non-hydrogen) atoms. The zero-order valence-electron chi connectivity index (χ0n) is 9.82. The largest absolute Gasteiger partial charge is 0.389 e. The van der Waals surface area contributed by atoms with Gasteiger partial charge in [0.25, 0.3) is 0 Å². The number of hydrogen-bond donors (Lipinski definition) is 1. The molecular formula is C12H16ClN3S. The monoisotopic (exact) mass is 269 g/mol. The molecule has 0 radical (unpaired) electrons. The highest BCUT2D eigenvalue weighted by Gasteiger charge is 2.18. The van der Waals surface area contributed by atoms with Crippen LogP contribution in [0.5, 0.6) is 0 Å². The zero-order chi connectivity index (χ0) is 12.4. The van der Waals surface area contributed by atoms with Gasteiger partial charge in [-0.1, -0.05) is 23.8 Å². The van der Waals surface area contributed by atoms with Gasteiger partial charge in [0.1, 0.15) is 4.99 Å². The van der Waals surface area contributed by atoms with Gasteiger partial charge in [-0.05, 0) is 25.2 Å². The molecule has 0 bridgehead atoms. The van der Waals surface area contributed by atoms with Gasteiger partial charge in [-0.2, -0.15) is 0 Å². The Hall–Kier alpha value is -0.840. The first-order valence-corrected chi connectivity index (χ1v) is 6.39. The van der Waals surface area contributed by atoms with Gasteiger partial charge in [0, 0.05) is 42.5 Å². The van der Waals surface area contributed by atoms with Crippen LogP contribution in [0, 0.1) is 0 Å². The highest BCUT2D eigenvalue weighted by molar-refractivity contribution is 7.80. The molecule has 0 aromatic heterocycles. The van der Waals surface area contributed by atoms with Crippen LogP contribution >= 0.6 is 23.8 Å². The summed E-state index contributed by atoms with van der Waals surface area (Å²) in [6.07, 6.45) is 0. The van der Waals surface area contributed by atoms with Gasteiger partial charge >= 0.3 is 0 Å². The SMILES string of the molecule is CN1CCN(c2cc(Cl)ccc2C(N)=S)CC1. The summed E-state index contributed by atoms with van der Waals surface area (Å²) in [5.74, 6) is 0. The Morgan fingerprint density at radius 1 is 1.29 bits per heavy atom. The Kier molecular flexibility index (Phi) is 3.86. The van der Waals surface area contributed by atoms with Crippen LogP contribution in [0.4, 0.5) is 5.69 Å². The van der Waals surface area contributed by atoms with E-state index >= 15 is 0 Å². The Balaban J connectivity index is 2.30. The van der Waals surface area contributed by atoms with Crippen molar-refractivity contribution in [3.63, 3.8) is 0 Å². The molecule has 0 spiro atoms. The van der Waals surface area contributed by atoms with Gasteiger partial charge < -0.3 is 15.5 Å². The molecule has 3 nitrogen and oxygen atoms in total. The molecule has 1 fully saturated rings. The lowest BCUT2D eigenvalue weighted by Gasteiger charge is -2.35. The normalized spacial score (nSPS) is 17.2. The Labute approximate surface area is 112 Å². The average Bonchev–Trinajstić information content (AvgIpc) is 2.29. The topological polar surface area (TPSA) is 32.5 Å². The number of rotatable bonds is 2. The van der Waals surface area contributed by atoms with E-state index in [0.717, 1.165) is 42.5 Å². The van der Waals surface area contributed by atoms with Crippen LogP contribution in [0.1, 0.15) is 5.56 Å². The van der Waals surface area contributed by atoms with E-state index in [0.29, 0.717) is 4.99 Å². The van der Waals surface area contributed by atoms with Crippen molar-refractivity contribution >= 4 is 34.5 Å². The van der Waals surface area contributed by atoms with Crippen molar-refractivity contribution in [1.82, 2.24) is 4.90 Å². The second-order valence-corrected chi connectivity index (χ2v) is 5.19. The third-order valence-corrected chi connectivity index (χ3v) is 3.52. The number of benzene rings is 1. The molecular weight excluding hydrogens is 254 g/mol. The van der Waals surface area contributed by atoms with Crippen LogP contribution in [0.3, 0.4) is 0 Å². The number of anilines is 1. The number of piperazine rings is 1. The van der Waals surface area contributed by atoms with Crippen molar-refractivity contribution in [2.45, 2.75) is 0 Å². The average molecular weight is 270 g/mol. The molecule has 1 saturated heterocycles. The maximum absolute atomic E-state index is 6.05. The molecule has 1 aliphatic heterocycles. The van der Waals surface area contributed by atoms with Crippen LogP contribution in [-0.4, -0.2) is 43.1 Å². The number of likely N-dealkylation sites (N-methyl/N-ethyl adjacent to an activating group) is 1. The fraction of sp³-hybridized carbons (Fsp3) is 0.417. The van der Waals surface area contributed by atoms with E-state index in [9.17, 15) is 0 Å². The lowest BCUT2D eigenvalue weighted by Crippen LogP contribution is -2.45. The van der Waals surface area contributed by atoms with Gasteiger partial charge in [0.05, 0.1) is 0 Å². The highest BCUT2D eigenvalue weighted by Crippen LogP contribution is 2.25. The van der Waals surface area contributed by atoms with E-state index in [-0.39, 0.29) is 0 Å². The van der Waals surface area contributed by atoms with Crippen molar-refractivity contribution in [2.24, 2.45) is 5.73 Å². The number of nitrogens with zero attached hydrogens (tertiary/aromatic N) is 2. The van der Waals surface area contributed by atoms with Gasteiger partial charge in [-0.25, -0.2) is 0 Å². The molecule has 5 heteroatoms. The minimum absolute atomic E-state index is 0.426. The Morgan fingerprint density at radius 3 is 2.53 bits per heavy atom. The van der Waals surface area contributed by atoms with E-state index in [1.54, 1.807) is 0 Å². The summed E-state index contributed by atoms with van der Waals surface area (Å²) in [6, 6.07) is 5.68. The van der Waals surface area contributed by atoms with Crippen molar-refractivity contribution in [1.29, 1.82) is 0 Å². The summed E-state index contributed by atoms with van der Waals surface area (Å²) in [4.78, 5) is 5.03. The smallest absolute Gasteiger partial charge is 0.106 e. The summed E-state index contributed by atoms with van der Waals surface area (Å²) in [6.45, 7) is 4.05. The third-order valence-electron chi connectivity index (χ3n) is 3.07. The van der Waals surface area contributed by atoms with Crippen LogP contribution in [0.2, 0.25) is 5.02 Å². The lowest BCUT2D eigenvalue weighted by atomic mass is 10.1. The van der Waals surface area contributed by atoms with Crippen molar-refractivity contribution in [3.8, 4) is 0 Å². The third kappa shape index (κ3) is 2.89. The summed E-state index contributed by atoms with van der Waals surface area (Å²) in [7, 11) is 2.13. The first-order chi connectivity index (χ1) is 8.08. The van der Waals surface area contributed by atoms with Crippen LogP contribution in [0.15, 0.2) is 18.2 Å². The van der Waals surface area contributed by atoms with Gasteiger partial charge in [-0.3, -0.25) is 0 Å². The molecule has 0 amide bonds. The molecule has 1 aromatic rings. The molecule has 0 unspecified atom stereocenters. The predicted octanol–water partition coefficient (Wildman–Crippen LogP) is 1.73. The first kappa shape index (κ1) is 12.6. The number of halogens is 1. The van der Waals surface area contributed by atoms with Crippen LogP contribution in [0.25, 0.3) is 0 Å². The maximum atomic E-state index is 6.05. The predicted molar refractivity (Wildman–Crippen MR) is 77.0 cm³/mol. The zero-order valence-corrected chi connectivity index (χ0v) is 11.4. The lowest BCUT2D eigenvalue weighted by molar-refractivity contribution is 0.313. The van der Waals surface area contributed by atoms with E-state index < -0.39 is 0 Å². The first-order valence-electron chi connectivity index (χ1n) is 5.61. The van der Waals surface area contributed by atoms with E-state index in [4.69, 9.17) is 29.6 Å². The van der Waals surface area contributed by atoms with E-state index in [1.165, 1.54) is 0 Å². The second kappa shape index (κ2) is 5.21.